The van der Waals surface area contributed by atoms with Crippen molar-refractivity contribution in [1.29, 1.82) is 0 Å². The number of nitrogens with one attached hydrogen (secondary N) is 1. The average molecular weight is 414 g/mol. The Bertz CT molecular complexity index is 519. The molecule has 2 heterocycles. The average Bonchev–Trinajstić information content (AvgIpc) is 2.61. The predicted molar refractivity (Wildman–Crippen MR) is 87.6 cm³/mol. The minimum Gasteiger partial charge on any atom is -0.394 e. The van der Waals surface area contributed by atoms with Gasteiger partial charge in [-0.05, 0) is 0 Å². The molecule has 2 rings (SSSR count). The maximum atomic E-state index is 11.5. The highest BCUT2D eigenvalue weighted by Gasteiger charge is 2.52. The van der Waals surface area contributed by atoms with Crippen molar-refractivity contribution >= 4 is 5.91 Å². The van der Waals surface area contributed by atoms with Crippen LogP contribution in [0.25, 0.3) is 0 Å². The lowest BCUT2D eigenvalue weighted by atomic mass is 9.95. The molecule has 2 aliphatic heterocycles. The first-order chi connectivity index (χ1) is 13.1. The van der Waals surface area contributed by atoms with Crippen LogP contribution in [0.5, 0.6) is 0 Å². The summed E-state index contributed by atoms with van der Waals surface area (Å²) in [5.74, 6) is -0.575. The van der Waals surface area contributed by atoms with Gasteiger partial charge in [-0.2, -0.15) is 0 Å². The first-order valence-electron chi connectivity index (χ1n) is 8.63. The number of aliphatic hydroxyl groups excluding tert-OH is 6. The predicted octanol–water partition coefficient (Wildman–Crippen LogP) is -4.59. The van der Waals surface area contributed by atoms with E-state index in [1.807, 2.05) is 0 Å². The highest BCUT2D eigenvalue weighted by Crippen LogP contribution is 2.29. The van der Waals surface area contributed by atoms with Gasteiger partial charge in [0.15, 0.2) is 25.8 Å². The summed E-state index contributed by atoms with van der Waals surface area (Å²) >= 11 is 0. The van der Waals surface area contributed by atoms with Gasteiger partial charge in [0.1, 0.15) is 42.7 Å². The van der Waals surface area contributed by atoms with Gasteiger partial charge in [-0.25, -0.2) is 4.52 Å². The van der Waals surface area contributed by atoms with E-state index in [1.54, 1.807) is 0 Å². The van der Waals surface area contributed by atoms with Gasteiger partial charge in [-0.1, -0.05) is 0 Å². The fourth-order valence-electron chi connectivity index (χ4n) is 3.19. The highest BCUT2D eigenvalue weighted by molar-refractivity contribution is 5.73. The lowest BCUT2D eigenvalue weighted by molar-refractivity contribution is -0.429. The molecule has 0 spiro atoms. The molecule has 1 amide bonds. The second kappa shape index (κ2) is 9.69. The molecule has 0 aromatic rings. The van der Waals surface area contributed by atoms with Crippen molar-refractivity contribution in [2.24, 2.45) is 0 Å². The van der Waals surface area contributed by atoms with E-state index in [0.717, 1.165) is 6.92 Å². The molecule has 13 nitrogen and oxygen atoms in total. The second-order valence-corrected chi connectivity index (χ2v) is 6.85. The summed E-state index contributed by atoms with van der Waals surface area (Å²) in [5.41, 5.74) is 0. The first kappa shape index (κ1) is 23.3. The Morgan fingerprint density at radius 3 is 2.21 bits per heavy atom. The number of hydrogen-bond donors (Lipinski definition) is 8. The monoisotopic (exact) mass is 414 g/mol. The van der Waals surface area contributed by atoms with Crippen molar-refractivity contribution in [3.63, 3.8) is 0 Å². The van der Waals surface area contributed by atoms with Crippen LogP contribution in [0, 0.1) is 0 Å². The van der Waals surface area contributed by atoms with E-state index in [9.17, 15) is 40.7 Å². The standard InChI is InChI=1S/C15H27NO12/c1-5(18)16-8-13(10(20)7(4-28(2)24)25-14(8)23)27-15-12(22)11(21)9(19)6(3-17)26-15/h6-15,17,19-24H,3-4H2,1-2H3/p+1/t6-,7-,8-,9+,10-,11+,12-,13-,14+,15+/m1/s1. The largest absolute Gasteiger partial charge is 0.394 e. The molecule has 28 heavy (non-hydrogen) atoms. The summed E-state index contributed by atoms with van der Waals surface area (Å²) in [6.45, 7) is 0.167. The van der Waals surface area contributed by atoms with E-state index < -0.39 is 73.9 Å². The number of amides is 1. The van der Waals surface area contributed by atoms with Crippen LogP contribution in [-0.2, 0) is 23.5 Å². The van der Waals surface area contributed by atoms with Gasteiger partial charge >= 0.3 is 0 Å². The molecule has 0 aromatic carbocycles. The molecule has 10 atom stereocenters. The molecule has 0 unspecified atom stereocenters. The minimum atomic E-state index is -1.75. The van der Waals surface area contributed by atoms with E-state index in [-0.39, 0.29) is 6.61 Å². The third-order valence-corrected chi connectivity index (χ3v) is 4.61. The normalized spacial score (nSPS) is 44.5. The van der Waals surface area contributed by atoms with E-state index in [0.29, 0.717) is 0 Å². The third-order valence-electron chi connectivity index (χ3n) is 4.61. The van der Waals surface area contributed by atoms with Crippen molar-refractivity contribution in [3.8, 4) is 0 Å². The molecular formula is C15H28NO12+. The minimum absolute atomic E-state index is 0.306. The fraction of sp³-hybridized carbons (Fsp3) is 0.933. The van der Waals surface area contributed by atoms with Crippen molar-refractivity contribution in [1.82, 2.24) is 5.32 Å². The summed E-state index contributed by atoms with van der Waals surface area (Å²) in [7, 11) is 1.20. The number of carbonyl (C=O) groups excluding carboxylic acids is 1. The smallest absolute Gasteiger partial charge is 0.217 e. The molecule has 0 aromatic heterocycles. The van der Waals surface area contributed by atoms with Gasteiger partial charge in [-0.3, -0.25) is 4.79 Å². The lowest BCUT2D eigenvalue weighted by Gasteiger charge is -2.46. The van der Waals surface area contributed by atoms with Crippen LogP contribution in [-0.4, -0.2) is 123 Å². The molecule has 8 N–H and O–H groups in total. The van der Waals surface area contributed by atoms with Crippen LogP contribution in [0.2, 0.25) is 0 Å². The zero-order valence-corrected chi connectivity index (χ0v) is 15.4. The maximum absolute atomic E-state index is 11.5. The van der Waals surface area contributed by atoms with Crippen molar-refractivity contribution < 1.29 is 59.4 Å². The molecule has 164 valence electrons. The highest BCUT2D eigenvalue weighted by atomic mass is 17.2. The third kappa shape index (κ3) is 5.14. The lowest BCUT2D eigenvalue weighted by Crippen LogP contribution is -2.67. The van der Waals surface area contributed by atoms with Crippen LogP contribution in [0.3, 0.4) is 0 Å². The number of aliphatic hydroxyl groups is 6. The Hall–Kier alpha value is -0.970. The topological polar surface area (TPSA) is 201 Å². The molecule has 0 bridgehead atoms. The van der Waals surface area contributed by atoms with E-state index in [1.165, 1.54) is 11.6 Å². The van der Waals surface area contributed by atoms with Crippen molar-refractivity contribution in [2.75, 3.05) is 20.3 Å². The van der Waals surface area contributed by atoms with E-state index >= 15 is 0 Å². The molecule has 2 saturated heterocycles. The van der Waals surface area contributed by atoms with Gasteiger partial charge in [0, 0.05) is 6.92 Å². The van der Waals surface area contributed by atoms with Crippen molar-refractivity contribution in [2.45, 2.75) is 68.3 Å². The molecule has 0 aliphatic carbocycles. The van der Waals surface area contributed by atoms with Crippen LogP contribution in [0.1, 0.15) is 6.92 Å². The Labute approximate surface area is 160 Å². The molecular weight excluding hydrogens is 386 g/mol. The molecule has 2 fully saturated rings. The maximum Gasteiger partial charge on any atom is 0.217 e. The molecule has 0 saturated carbocycles. The number of hydrogen-bond acceptors (Lipinski definition) is 11. The van der Waals surface area contributed by atoms with Crippen LogP contribution in [0.15, 0.2) is 0 Å². The van der Waals surface area contributed by atoms with Gasteiger partial charge in [0.25, 0.3) is 0 Å². The zero-order valence-electron chi connectivity index (χ0n) is 15.4. The van der Waals surface area contributed by atoms with Gasteiger partial charge in [-0.15, -0.1) is 5.26 Å². The SMILES string of the molecule is CC(=O)N[C@@H]1[C@@H](O[C@@H]2O[C@H](CO)[C@H](O)[C@H](O)[C@H]2O)[C@H](O)[C@@H](C[O+](C)O)O[C@@H]1O. The fourth-order valence-corrected chi connectivity index (χ4v) is 3.19. The van der Waals surface area contributed by atoms with Crippen LogP contribution < -0.4 is 5.32 Å². The summed E-state index contributed by atoms with van der Waals surface area (Å²) in [6.07, 6.45) is -13.7. The van der Waals surface area contributed by atoms with Crippen molar-refractivity contribution in [3.05, 3.63) is 0 Å². The first-order valence-corrected chi connectivity index (χ1v) is 8.63. The van der Waals surface area contributed by atoms with Crippen LogP contribution >= 0.6 is 0 Å². The Morgan fingerprint density at radius 2 is 1.68 bits per heavy atom. The van der Waals surface area contributed by atoms with Gasteiger partial charge in [0.2, 0.25) is 12.5 Å². The summed E-state index contributed by atoms with van der Waals surface area (Å²) in [5, 5.41) is 71.5. The summed E-state index contributed by atoms with van der Waals surface area (Å²) in [6, 6.07) is -1.29. The summed E-state index contributed by atoms with van der Waals surface area (Å²) < 4.78 is 17.5. The zero-order chi connectivity index (χ0) is 21.2. The number of ether oxygens (including phenoxy) is 3. The number of carbonyl (C=O) groups is 1. The quantitative estimate of drug-likeness (QED) is 0.118. The Morgan fingerprint density at radius 1 is 1.04 bits per heavy atom. The molecule has 13 heteroatoms. The number of rotatable bonds is 6. The molecule has 0 radical (unpaired) electrons. The van der Waals surface area contributed by atoms with Gasteiger partial charge < -0.3 is 50.2 Å². The van der Waals surface area contributed by atoms with Gasteiger partial charge in [0.05, 0.1) is 6.61 Å². The van der Waals surface area contributed by atoms with Crippen LogP contribution in [0.4, 0.5) is 0 Å². The summed E-state index contributed by atoms with van der Waals surface area (Å²) in [4.78, 5) is 11.5. The Balaban J connectivity index is 2.23. The Kier molecular flexibility index (Phi) is 8.06. The van der Waals surface area contributed by atoms with E-state index in [2.05, 4.69) is 5.32 Å². The second-order valence-electron chi connectivity index (χ2n) is 6.85. The van der Waals surface area contributed by atoms with E-state index in [4.69, 9.17) is 14.2 Å². The molecule has 2 aliphatic rings.